The second-order valence-electron chi connectivity index (χ2n) is 4.38. The molecular weight excluding hydrogens is 266 g/mol. The second-order valence-corrected chi connectivity index (χ2v) is 5.33. The van der Waals surface area contributed by atoms with Crippen LogP contribution < -0.4 is 5.32 Å². The van der Waals surface area contributed by atoms with Gasteiger partial charge in [0, 0.05) is 16.1 Å². The summed E-state index contributed by atoms with van der Waals surface area (Å²) in [5, 5.41) is 4.93. The summed E-state index contributed by atoms with van der Waals surface area (Å²) in [5.41, 5.74) is 2.54. The Bertz CT molecular complexity index is 705. The van der Waals surface area contributed by atoms with Gasteiger partial charge < -0.3 is 5.32 Å². The zero-order chi connectivity index (χ0) is 13.8. The van der Waals surface area contributed by atoms with Crippen LogP contribution in [0.15, 0.2) is 72.1 Å². The van der Waals surface area contributed by atoms with Crippen molar-refractivity contribution in [2.75, 3.05) is 5.32 Å². The molecule has 3 heteroatoms. The summed E-state index contributed by atoms with van der Waals surface area (Å²) < 4.78 is 0. The number of benzene rings is 2. The fourth-order valence-electron chi connectivity index (χ4n) is 1.98. The van der Waals surface area contributed by atoms with Gasteiger partial charge in [-0.05, 0) is 41.3 Å². The van der Waals surface area contributed by atoms with E-state index in [1.807, 2.05) is 66.0 Å². The summed E-state index contributed by atoms with van der Waals surface area (Å²) in [6.45, 7) is 0. The van der Waals surface area contributed by atoms with E-state index in [1.165, 1.54) is 4.88 Å². The van der Waals surface area contributed by atoms with E-state index < -0.39 is 0 Å². The van der Waals surface area contributed by atoms with E-state index in [0.717, 1.165) is 11.3 Å². The van der Waals surface area contributed by atoms with Crippen LogP contribution in [0.25, 0.3) is 10.4 Å². The Kier molecular flexibility index (Phi) is 3.61. The molecule has 0 bridgehead atoms. The van der Waals surface area contributed by atoms with E-state index in [4.69, 9.17) is 0 Å². The third kappa shape index (κ3) is 2.78. The average Bonchev–Trinajstić information content (AvgIpc) is 3.03. The van der Waals surface area contributed by atoms with Gasteiger partial charge in [-0.25, -0.2) is 0 Å². The van der Waals surface area contributed by atoms with Crippen molar-refractivity contribution in [2.24, 2.45) is 0 Å². The lowest BCUT2D eigenvalue weighted by Gasteiger charge is -2.06. The highest BCUT2D eigenvalue weighted by molar-refractivity contribution is 7.13. The molecule has 3 rings (SSSR count). The van der Waals surface area contributed by atoms with Gasteiger partial charge in [0.25, 0.3) is 5.91 Å². The summed E-state index contributed by atoms with van der Waals surface area (Å²) in [4.78, 5) is 13.4. The van der Waals surface area contributed by atoms with Crippen LogP contribution in [-0.2, 0) is 0 Å². The zero-order valence-corrected chi connectivity index (χ0v) is 11.6. The molecule has 0 fully saturated rings. The van der Waals surface area contributed by atoms with Crippen molar-refractivity contribution in [1.82, 2.24) is 0 Å². The van der Waals surface area contributed by atoms with E-state index in [0.29, 0.717) is 5.56 Å². The van der Waals surface area contributed by atoms with Gasteiger partial charge in [0.2, 0.25) is 0 Å². The van der Waals surface area contributed by atoms with Crippen molar-refractivity contribution in [2.45, 2.75) is 0 Å². The number of anilines is 1. The molecule has 20 heavy (non-hydrogen) atoms. The normalized spacial score (nSPS) is 10.2. The van der Waals surface area contributed by atoms with E-state index in [1.54, 1.807) is 11.3 Å². The van der Waals surface area contributed by atoms with Crippen LogP contribution in [0.3, 0.4) is 0 Å². The highest BCUT2D eigenvalue weighted by atomic mass is 32.1. The largest absolute Gasteiger partial charge is 0.322 e. The number of amides is 1. The first-order chi connectivity index (χ1) is 9.83. The summed E-state index contributed by atoms with van der Waals surface area (Å²) in [7, 11) is 0. The monoisotopic (exact) mass is 279 g/mol. The summed E-state index contributed by atoms with van der Waals surface area (Å²) in [5.74, 6) is -0.0883. The summed E-state index contributed by atoms with van der Waals surface area (Å²) in [6.07, 6.45) is 0. The lowest BCUT2D eigenvalue weighted by atomic mass is 10.1. The van der Waals surface area contributed by atoms with Crippen molar-refractivity contribution in [1.29, 1.82) is 0 Å². The van der Waals surface area contributed by atoms with Crippen LogP contribution in [0.1, 0.15) is 10.4 Å². The average molecular weight is 279 g/mol. The van der Waals surface area contributed by atoms with E-state index in [9.17, 15) is 4.79 Å². The molecule has 0 aliphatic rings. The number of carbonyl (C=O) groups is 1. The number of nitrogens with one attached hydrogen (secondary N) is 1. The molecule has 0 radical (unpaired) electrons. The van der Waals surface area contributed by atoms with Gasteiger partial charge in [-0.2, -0.15) is 0 Å². The van der Waals surface area contributed by atoms with Crippen molar-refractivity contribution in [3.63, 3.8) is 0 Å². The number of carbonyl (C=O) groups excluding carboxylic acids is 1. The molecule has 2 aromatic carbocycles. The molecular formula is C17H13NOS. The number of thiophene rings is 1. The van der Waals surface area contributed by atoms with Gasteiger partial charge in [-0.1, -0.05) is 36.4 Å². The Labute approximate surface area is 121 Å². The molecule has 1 aromatic heterocycles. The maximum atomic E-state index is 12.2. The molecule has 0 atom stereocenters. The zero-order valence-electron chi connectivity index (χ0n) is 10.7. The van der Waals surface area contributed by atoms with E-state index in [-0.39, 0.29) is 5.91 Å². The molecule has 2 nitrogen and oxygen atoms in total. The standard InChI is InChI=1S/C17H13NOS/c19-17(18-15-8-2-1-3-9-15)14-7-4-6-13(12-14)16-10-5-11-20-16/h1-12H,(H,18,19). The highest BCUT2D eigenvalue weighted by Gasteiger charge is 2.07. The van der Waals surface area contributed by atoms with Crippen LogP contribution in [-0.4, -0.2) is 5.91 Å². The molecule has 98 valence electrons. The molecule has 0 aliphatic heterocycles. The first kappa shape index (κ1) is 12.6. The molecule has 0 unspecified atom stereocenters. The van der Waals surface area contributed by atoms with Crippen molar-refractivity contribution >= 4 is 22.9 Å². The van der Waals surface area contributed by atoms with Crippen LogP contribution in [0, 0.1) is 0 Å². The molecule has 1 amide bonds. The number of hydrogen-bond donors (Lipinski definition) is 1. The topological polar surface area (TPSA) is 29.1 Å². The number of hydrogen-bond acceptors (Lipinski definition) is 2. The third-order valence-corrected chi connectivity index (χ3v) is 3.88. The molecule has 0 spiro atoms. The van der Waals surface area contributed by atoms with Crippen LogP contribution in [0.2, 0.25) is 0 Å². The third-order valence-electron chi connectivity index (χ3n) is 2.96. The Morgan fingerprint density at radius 1 is 0.900 bits per heavy atom. The first-order valence-electron chi connectivity index (χ1n) is 6.33. The molecule has 0 saturated heterocycles. The maximum absolute atomic E-state index is 12.2. The second kappa shape index (κ2) is 5.72. The lowest BCUT2D eigenvalue weighted by Crippen LogP contribution is -2.11. The Balaban J connectivity index is 1.84. The van der Waals surface area contributed by atoms with Gasteiger partial charge >= 0.3 is 0 Å². The fraction of sp³-hybridized carbons (Fsp3) is 0. The molecule has 3 aromatic rings. The lowest BCUT2D eigenvalue weighted by molar-refractivity contribution is 0.102. The van der Waals surface area contributed by atoms with Crippen molar-refractivity contribution in [3.05, 3.63) is 77.7 Å². The number of rotatable bonds is 3. The minimum Gasteiger partial charge on any atom is -0.322 e. The first-order valence-corrected chi connectivity index (χ1v) is 7.21. The predicted octanol–water partition coefficient (Wildman–Crippen LogP) is 4.67. The molecule has 1 N–H and O–H groups in total. The van der Waals surface area contributed by atoms with Crippen molar-refractivity contribution < 1.29 is 4.79 Å². The highest BCUT2D eigenvalue weighted by Crippen LogP contribution is 2.25. The molecule has 0 aliphatic carbocycles. The molecule has 0 saturated carbocycles. The van der Waals surface area contributed by atoms with Gasteiger partial charge in [-0.15, -0.1) is 11.3 Å². The Morgan fingerprint density at radius 2 is 1.75 bits per heavy atom. The van der Waals surface area contributed by atoms with Crippen LogP contribution >= 0.6 is 11.3 Å². The minimum atomic E-state index is -0.0883. The van der Waals surface area contributed by atoms with Gasteiger partial charge in [0.1, 0.15) is 0 Å². The summed E-state index contributed by atoms with van der Waals surface area (Å²) in [6, 6.07) is 21.2. The van der Waals surface area contributed by atoms with E-state index >= 15 is 0 Å². The van der Waals surface area contributed by atoms with E-state index in [2.05, 4.69) is 11.4 Å². The number of para-hydroxylation sites is 1. The van der Waals surface area contributed by atoms with Gasteiger partial charge in [0.15, 0.2) is 0 Å². The summed E-state index contributed by atoms with van der Waals surface area (Å²) >= 11 is 1.67. The van der Waals surface area contributed by atoms with Gasteiger partial charge in [-0.3, -0.25) is 4.79 Å². The fourth-order valence-corrected chi connectivity index (χ4v) is 2.71. The molecule has 1 heterocycles. The van der Waals surface area contributed by atoms with Gasteiger partial charge in [0.05, 0.1) is 0 Å². The van der Waals surface area contributed by atoms with Crippen molar-refractivity contribution in [3.8, 4) is 10.4 Å². The van der Waals surface area contributed by atoms with Crippen LogP contribution in [0.4, 0.5) is 5.69 Å². The smallest absolute Gasteiger partial charge is 0.255 e. The Hall–Kier alpha value is -2.39. The SMILES string of the molecule is O=C(Nc1ccccc1)c1cccc(-c2cccs2)c1. The minimum absolute atomic E-state index is 0.0883. The quantitative estimate of drug-likeness (QED) is 0.741. The Morgan fingerprint density at radius 3 is 2.50 bits per heavy atom. The maximum Gasteiger partial charge on any atom is 0.255 e. The predicted molar refractivity (Wildman–Crippen MR) is 84.2 cm³/mol. The van der Waals surface area contributed by atoms with Crippen LogP contribution in [0.5, 0.6) is 0 Å².